The molecule has 2 N–H and O–H groups in total. The fraction of sp³-hybridized carbons (Fsp3) is 0.522. The second-order valence-electron chi connectivity index (χ2n) is 8.03. The molecule has 0 bridgehead atoms. The quantitative estimate of drug-likeness (QED) is 0.633. The van der Waals surface area contributed by atoms with E-state index in [-0.39, 0.29) is 24.2 Å². The third-order valence-corrected chi connectivity index (χ3v) is 5.83. The Morgan fingerprint density at radius 1 is 1.21 bits per heavy atom. The number of halogens is 1. The molecule has 4 amide bonds. The fourth-order valence-electron chi connectivity index (χ4n) is 4.14. The van der Waals surface area contributed by atoms with Crippen LogP contribution in [0.2, 0.25) is 0 Å². The molecule has 1 saturated heterocycles. The topological polar surface area (TPSA) is 94.2 Å². The van der Waals surface area contributed by atoms with Crippen molar-refractivity contribution in [3.05, 3.63) is 46.9 Å². The van der Waals surface area contributed by atoms with E-state index in [9.17, 15) is 18.8 Å². The number of urea groups is 2. The molecule has 3 rings (SSSR count). The molecule has 9 nitrogen and oxygen atoms in total. The van der Waals surface area contributed by atoms with Crippen molar-refractivity contribution < 1.29 is 23.5 Å². The maximum absolute atomic E-state index is 13.9. The van der Waals surface area contributed by atoms with Gasteiger partial charge in [-0.05, 0) is 38.0 Å². The Morgan fingerprint density at radius 2 is 2.00 bits per heavy atom. The number of benzene rings is 1. The standard InChI is InChI=1S/C23H32FN5O4/c1-4-25-22(31)29-11-7-10-28(12-13-29)15-18-19(21(30)33-5-2)20(26-23(32)27(18)3)16-8-6-9-17(24)14-16/h6,8-9,14,20H,4-5,7,10-13,15H2,1-3H3,(H,25,31)(H,26,32)/t20-/m0/s1. The highest BCUT2D eigenvalue weighted by Crippen LogP contribution is 2.31. The van der Waals surface area contributed by atoms with Crippen LogP contribution in [0, 0.1) is 5.82 Å². The number of nitrogens with one attached hydrogen (secondary N) is 2. The first-order valence-corrected chi connectivity index (χ1v) is 11.3. The second-order valence-corrected chi connectivity index (χ2v) is 8.03. The largest absolute Gasteiger partial charge is 0.463 e. The Hall–Kier alpha value is -3.14. The molecule has 0 unspecified atom stereocenters. The lowest BCUT2D eigenvalue weighted by atomic mass is 9.94. The van der Waals surface area contributed by atoms with E-state index >= 15 is 0 Å². The second kappa shape index (κ2) is 11.1. The summed E-state index contributed by atoms with van der Waals surface area (Å²) in [6.07, 6.45) is 0.766. The summed E-state index contributed by atoms with van der Waals surface area (Å²) < 4.78 is 19.3. The van der Waals surface area contributed by atoms with E-state index in [0.717, 1.165) is 6.42 Å². The van der Waals surface area contributed by atoms with Crippen LogP contribution in [0.4, 0.5) is 14.0 Å². The Labute approximate surface area is 193 Å². The van der Waals surface area contributed by atoms with Crippen LogP contribution < -0.4 is 10.6 Å². The number of nitrogens with zero attached hydrogens (tertiary/aromatic N) is 3. The van der Waals surface area contributed by atoms with E-state index in [1.807, 2.05) is 6.92 Å². The number of hydrogen-bond donors (Lipinski definition) is 2. The molecule has 0 aliphatic carbocycles. The van der Waals surface area contributed by atoms with Crippen LogP contribution in [0.5, 0.6) is 0 Å². The smallest absolute Gasteiger partial charge is 0.338 e. The van der Waals surface area contributed by atoms with Gasteiger partial charge in [-0.25, -0.2) is 18.8 Å². The number of ether oxygens (including phenoxy) is 1. The first kappa shape index (κ1) is 24.5. The van der Waals surface area contributed by atoms with Gasteiger partial charge in [0.25, 0.3) is 0 Å². The van der Waals surface area contributed by atoms with Gasteiger partial charge in [0.1, 0.15) is 5.82 Å². The van der Waals surface area contributed by atoms with Crippen molar-refractivity contribution in [2.75, 3.05) is 52.9 Å². The summed E-state index contributed by atoms with van der Waals surface area (Å²) in [6, 6.07) is 4.54. The summed E-state index contributed by atoms with van der Waals surface area (Å²) in [5.41, 5.74) is 1.27. The summed E-state index contributed by atoms with van der Waals surface area (Å²) in [5, 5.41) is 5.62. The normalized spacial score (nSPS) is 19.8. The van der Waals surface area contributed by atoms with Crippen LogP contribution in [0.15, 0.2) is 35.5 Å². The number of likely N-dealkylation sites (N-methyl/N-ethyl adjacent to an activating group) is 1. The van der Waals surface area contributed by atoms with Crippen molar-refractivity contribution in [3.8, 4) is 0 Å². The Kier molecular flexibility index (Phi) is 8.26. The van der Waals surface area contributed by atoms with Crippen LogP contribution in [0.1, 0.15) is 31.9 Å². The van der Waals surface area contributed by atoms with E-state index < -0.39 is 17.8 Å². The van der Waals surface area contributed by atoms with Gasteiger partial charge in [0.2, 0.25) is 0 Å². The van der Waals surface area contributed by atoms with Crippen LogP contribution in [-0.2, 0) is 9.53 Å². The molecule has 0 aromatic heterocycles. The van der Waals surface area contributed by atoms with Gasteiger partial charge in [0, 0.05) is 52.0 Å². The maximum atomic E-state index is 13.9. The first-order valence-electron chi connectivity index (χ1n) is 11.3. The first-order chi connectivity index (χ1) is 15.8. The van der Waals surface area contributed by atoms with Crippen LogP contribution in [0.25, 0.3) is 0 Å². The van der Waals surface area contributed by atoms with E-state index in [2.05, 4.69) is 15.5 Å². The predicted molar refractivity (Wildman–Crippen MR) is 121 cm³/mol. The molecule has 1 aromatic carbocycles. The van der Waals surface area contributed by atoms with Crippen LogP contribution in [0.3, 0.4) is 0 Å². The molecule has 0 saturated carbocycles. The minimum absolute atomic E-state index is 0.0916. The van der Waals surface area contributed by atoms with Crippen molar-refractivity contribution in [3.63, 3.8) is 0 Å². The van der Waals surface area contributed by atoms with E-state index in [0.29, 0.717) is 50.5 Å². The number of hydrogen-bond acceptors (Lipinski definition) is 5. The van der Waals surface area contributed by atoms with Gasteiger partial charge in [0.05, 0.1) is 18.2 Å². The van der Waals surface area contributed by atoms with Crippen LogP contribution >= 0.6 is 0 Å². The summed E-state index contributed by atoms with van der Waals surface area (Å²) in [6.45, 7) is 7.13. The highest BCUT2D eigenvalue weighted by Gasteiger charge is 2.37. The van der Waals surface area contributed by atoms with Gasteiger partial charge >= 0.3 is 18.0 Å². The molecule has 2 heterocycles. The van der Waals surface area contributed by atoms with E-state index in [1.54, 1.807) is 31.0 Å². The maximum Gasteiger partial charge on any atom is 0.338 e. The Balaban J connectivity index is 1.92. The number of amides is 4. The molecule has 180 valence electrons. The SMILES string of the molecule is CCNC(=O)N1CCCN(CC2=C(C(=O)OCC)[C@H](c3cccc(F)c3)NC(=O)N2C)CC1. The number of esters is 1. The monoisotopic (exact) mass is 461 g/mol. The molecule has 1 aromatic rings. The number of carbonyl (C=O) groups is 3. The fourth-order valence-corrected chi connectivity index (χ4v) is 4.14. The van der Waals surface area contributed by atoms with Gasteiger partial charge in [-0.2, -0.15) is 0 Å². The zero-order valence-corrected chi connectivity index (χ0v) is 19.4. The number of carbonyl (C=O) groups excluding carboxylic acids is 3. The van der Waals surface area contributed by atoms with Gasteiger partial charge in [0.15, 0.2) is 0 Å². The van der Waals surface area contributed by atoms with E-state index in [1.165, 1.54) is 17.0 Å². The summed E-state index contributed by atoms with van der Waals surface area (Å²) in [7, 11) is 1.60. The molecule has 1 fully saturated rings. The highest BCUT2D eigenvalue weighted by molar-refractivity contribution is 5.95. The van der Waals surface area contributed by atoms with E-state index in [4.69, 9.17) is 4.74 Å². The van der Waals surface area contributed by atoms with Crippen molar-refractivity contribution >= 4 is 18.0 Å². The molecule has 0 radical (unpaired) electrons. The predicted octanol–water partition coefficient (Wildman–Crippen LogP) is 2.08. The van der Waals surface area contributed by atoms with Crippen LogP contribution in [-0.4, -0.2) is 85.7 Å². The zero-order chi connectivity index (χ0) is 24.0. The molecule has 2 aliphatic rings. The molecule has 0 spiro atoms. The number of rotatable bonds is 6. The van der Waals surface area contributed by atoms with Crippen molar-refractivity contribution in [2.24, 2.45) is 0 Å². The highest BCUT2D eigenvalue weighted by atomic mass is 19.1. The summed E-state index contributed by atoms with van der Waals surface area (Å²) >= 11 is 0. The average Bonchev–Trinajstić information content (AvgIpc) is 3.02. The lowest BCUT2D eigenvalue weighted by molar-refractivity contribution is -0.139. The van der Waals surface area contributed by atoms with Gasteiger partial charge < -0.3 is 20.3 Å². The van der Waals surface area contributed by atoms with Gasteiger partial charge in [-0.1, -0.05) is 12.1 Å². The lowest BCUT2D eigenvalue weighted by Crippen LogP contribution is -2.49. The summed E-state index contributed by atoms with van der Waals surface area (Å²) in [4.78, 5) is 43.3. The lowest BCUT2D eigenvalue weighted by Gasteiger charge is -2.36. The van der Waals surface area contributed by atoms with Gasteiger partial charge in [-0.15, -0.1) is 0 Å². The molecule has 1 atom stereocenters. The Morgan fingerprint density at radius 3 is 2.70 bits per heavy atom. The minimum Gasteiger partial charge on any atom is -0.463 e. The Bertz CT molecular complexity index is 922. The minimum atomic E-state index is -0.822. The van der Waals surface area contributed by atoms with Crippen molar-refractivity contribution in [1.82, 2.24) is 25.3 Å². The zero-order valence-electron chi connectivity index (χ0n) is 19.4. The molecule has 10 heteroatoms. The average molecular weight is 462 g/mol. The van der Waals surface area contributed by atoms with Crippen molar-refractivity contribution in [1.29, 1.82) is 0 Å². The molecular formula is C23H32FN5O4. The third-order valence-electron chi connectivity index (χ3n) is 5.83. The summed E-state index contributed by atoms with van der Waals surface area (Å²) in [5.74, 6) is -1.00. The third kappa shape index (κ3) is 5.81. The van der Waals surface area contributed by atoms with Crippen molar-refractivity contribution in [2.45, 2.75) is 26.3 Å². The molecular weight excluding hydrogens is 429 g/mol. The molecule has 2 aliphatic heterocycles. The molecule has 33 heavy (non-hydrogen) atoms. The van der Waals surface area contributed by atoms with Gasteiger partial charge in [-0.3, -0.25) is 9.80 Å².